The Labute approximate surface area is 207 Å². The van der Waals surface area contributed by atoms with Crippen molar-refractivity contribution in [2.24, 2.45) is 0 Å². The van der Waals surface area contributed by atoms with Gasteiger partial charge >= 0.3 is 0 Å². The number of amides is 2. The molecule has 0 aliphatic carbocycles. The Bertz CT molecular complexity index is 1330. The predicted octanol–water partition coefficient (Wildman–Crippen LogP) is 4.65. The summed E-state index contributed by atoms with van der Waals surface area (Å²) in [5.41, 5.74) is 3.66. The molecule has 1 N–H and O–H groups in total. The van der Waals surface area contributed by atoms with Crippen molar-refractivity contribution in [1.82, 2.24) is 10.2 Å². The molecule has 3 aromatic rings. The number of carbonyl (C=O) groups is 2. The van der Waals surface area contributed by atoms with Crippen LogP contribution in [-0.2, 0) is 17.8 Å². The number of hydrogen-bond donors (Lipinski definition) is 1. The van der Waals surface area contributed by atoms with E-state index in [4.69, 9.17) is 21.1 Å². The molecule has 180 valence electrons. The van der Waals surface area contributed by atoms with Crippen molar-refractivity contribution in [3.05, 3.63) is 93.3 Å². The Morgan fingerprint density at radius 1 is 1.09 bits per heavy atom. The summed E-state index contributed by atoms with van der Waals surface area (Å²) in [5, 5.41) is 3.20. The first-order valence-corrected chi connectivity index (χ1v) is 11.7. The van der Waals surface area contributed by atoms with Crippen LogP contribution in [0.1, 0.15) is 44.6 Å². The van der Waals surface area contributed by atoms with Crippen molar-refractivity contribution in [3.8, 4) is 11.5 Å². The minimum atomic E-state index is -0.653. The van der Waals surface area contributed by atoms with Crippen molar-refractivity contribution in [2.75, 3.05) is 20.8 Å². The number of benzene rings is 3. The fourth-order valence-corrected chi connectivity index (χ4v) is 5.33. The van der Waals surface area contributed by atoms with Crippen molar-refractivity contribution in [3.63, 3.8) is 0 Å². The van der Waals surface area contributed by atoms with Gasteiger partial charge in [0.2, 0.25) is 5.91 Å². The van der Waals surface area contributed by atoms with E-state index < -0.39 is 17.8 Å². The molecule has 35 heavy (non-hydrogen) atoms. The molecule has 0 unspecified atom stereocenters. The van der Waals surface area contributed by atoms with Gasteiger partial charge in [-0.05, 0) is 59.0 Å². The first-order valence-electron chi connectivity index (χ1n) is 11.3. The molecule has 0 aromatic heterocycles. The number of nitrogens with one attached hydrogen (secondary N) is 1. The summed E-state index contributed by atoms with van der Waals surface area (Å²) in [6.07, 6.45) is 0.639. The molecule has 2 aliphatic rings. The maximum atomic E-state index is 13.7. The quantitative estimate of drug-likeness (QED) is 0.560. The van der Waals surface area contributed by atoms with Gasteiger partial charge in [-0.2, -0.15) is 0 Å². The monoisotopic (exact) mass is 494 g/mol. The fourth-order valence-electron chi connectivity index (χ4n) is 5.09. The summed E-state index contributed by atoms with van der Waals surface area (Å²) in [7, 11) is 3.14. The highest BCUT2D eigenvalue weighted by Gasteiger charge is 2.46. The first kappa shape index (κ1) is 23.2. The zero-order chi connectivity index (χ0) is 24.7. The van der Waals surface area contributed by atoms with Crippen LogP contribution in [0.4, 0.5) is 4.39 Å². The van der Waals surface area contributed by atoms with Crippen LogP contribution in [-0.4, -0.2) is 37.5 Å². The maximum absolute atomic E-state index is 13.7. The van der Waals surface area contributed by atoms with E-state index >= 15 is 0 Å². The number of rotatable bonds is 5. The average Bonchev–Trinajstić information content (AvgIpc) is 2.87. The Hall–Kier alpha value is -3.58. The number of carbonyl (C=O) groups excluding carboxylic acids is 2. The van der Waals surface area contributed by atoms with Gasteiger partial charge in [0.05, 0.1) is 26.2 Å². The third-order valence-electron chi connectivity index (χ3n) is 6.78. The molecule has 0 radical (unpaired) electrons. The second kappa shape index (κ2) is 9.23. The van der Waals surface area contributed by atoms with E-state index in [-0.39, 0.29) is 23.4 Å². The van der Waals surface area contributed by atoms with Crippen molar-refractivity contribution in [2.45, 2.75) is 24.9 Å². The Morgan fingerprint density at radius 3 is 2.57 bits per heavy atom. The number of fused-ring (bicyclic) bond motifs is 4. The van der Waals surface area contributed by atoms with Crippen LogP contribution in [0.25, 0.3) is 0 Å². The van der Waals surface area contributed by atoms with Crippen molar-refractivity contribution in [1.29, 1.82) is 0 Å². The van der Waals surface area contributed by atoms with Crippen LogP contribution in [0, 0.1) is 5.82 Å². The fraction of sp³-hybridized carbons (Fsp3) is 0.259. The van der Waals surface area contributed by atoms with Gasteiger partial charge in [-0.3, -0.25) is 9.59 Å². The van der Waals surface area contributed by atoms with Crippen LogP contribution >= 0.6 is 11.6 Å². The van der Waals surface area contributed by atoms with Crippen molar-refractivity contribution >= 4 is 23.4 Å². The number of halogens is 2. The highest BCUT2D eigenvalue weighted by Crippen LogP contribution is 2.48. The van der Waals surface area contributed by atoms with E-state index in [1.807, 2.05) is 24.3 Å². The first-order chi connectivity index (χ1) is 16.9. The summed E-state index contributed by atoms with van der Waals surface area (Å²) in [6.45, 7) is 0.615. The van der Waals surface area contributed by atoms with Gasteiger partial charge < -0.3 is 19.7 Å². The third-order valence-corrected chi connectivity index (χ3v) is 7.13. The standard InChI is InChI=1S/C27H24ClFN2O4/c1-34-22-11-15-9-10-31-25(20(15)13-23(22)35-2)24(18-5-3-4-6-19(18)27(31)33)26(32)30-14-16-7-8-17(29)12-21(16)28/h3-8,11-13,24-25H,9-10,14H2,1-2H3,(H,30,32)/t24-,25-/m0/s1. The molecular formula is C27H24ClFN2O4. The van der Waals surface area contributed by atoms with Crippen LogP contribution in [0.15, 0.2) is 54.6 Å². The van der Waals surface area contributed by atoms with Gasteiger partial charge in [-0.1, -0.05) is 35.9 Å². The molecule has 2 atom stereocenters. The zero-order valence-corrected chi connectivity index (χ0v) is 20.1. The van der Waals surface area contributed by atoms with Gasteiger partial charge in [-0.25, -0.2) is 4.39 Å². The Morgan fingerprint density at radius 2 is 1.83 bits per heavy atom. The molecule has 5 rings (SSSR count). The lowest BCUT2D eigenvalue weighted by Crippen LogP contribution is -2.50. The molecule has 8 heteroatoms. The lowest BCUT2D eigenvalue weighted by Gasteiger charge is -2.45. The van der Waals surface area contributed by atoms with Crippen LogP contribution < -0.4 is 14.8 Å². The second-order valence-corrected chi connectivity index (χ2v) is 9.03. The highest BCUT2D eigenvalue weighted by atomic mass is 35.5. The topological polar surface area (TPSA) is 67.9 Å². The SMILES string of the molecule is COc1cc2c(cc1OC)[C@H]1[C@@H](C(=O)NCc3ccc(F)cc3Cl)c3ccccc3C(=O)N1CC2. The predicted molar refractivity (Wildman–Crippen MR) is 129 cm³/mol. The van der Waals surface area contributed by atoms with E-state index in [9.17, 15) is 14.0 Å². The van der Waals surface area contributed by atoms with E-state index in [0.29, 0.717) is 41.2 Å². The lowest BCUT2D eigenvalue weighted by molar-refractivity contribution is -0.124. The normalized spacial score (nSPS) is 18.3. The summed E-state index contributed by atoms with van der Waals surface area (Å²) in [6, 6.07) is 14.6. The molecule has 2 amide bonds. The Kier molecular flexibility index (Phi) is 6.11. The number of ether oxygens (including phenoxy) is 2. The summed E-state index contributed by atoms with van der Waals surface area (Å²) in [5.74, 6) is -0.297. The largest absolute Gasteiger partial charge is 0.493 e. The molecule has 0 saturated heterocycles. The van der Waals surface area contributed by atoms with E-state index in [2.05, 4.69) is 5.32 Å². The van der Waals surface area contributed by atoms with Crippen molar-refractivity contribution < 1.29 is 23.5 Å². The van der Waals surface area contributed by atoms with E-state index in [1.165, 1.54) is 12.1 Å². The number of nitrogens with zero attached hydrogens (tertiary/aromatic N) is 1. The summed E-state index contributed by atoms with van der Waals surface area (Å²) in [4.78, 5) is 29.0. The molecule has 3 aromatic carbocycles. The molecule has 2 heterocycles. The molecule has 2 aliphatic heterocycles. The van der Waals surface area contributed by atoms with E-state index in [1.54, 1.807) is 37.3 Å². The number of methoxy groups -OCH3 is 2. The second-order valence-electron chi connectivity index (χ2n) is 8.62. The van der Waals surface area contributed by atoms with Gasteiger partial charge in [-0.15, -0.1) is 0 Å². The summed E-state index contributed by atoms with van der Waals surface area (Å²) >= 11 is 6.17. The van der Waals surface area contributed by atoms with Gasteiger partial charge in [0.1, 0.15) is 5.82 Å². The minimum Gasteiger partial charge on any atom is -0.493 e. The van der Waals surface area contributed by atoms with Gasteiger partial charge in [0, 0.05) is 23.7 Å². The third kappa shape index (κ3) is 4.00. The zero-order valence-electron chi connectivity index (χ0n) is 19.3. The van der Waals surface area contributed by atoms with Gasteiger partial charge in [0.15, 0.2) is 11.5 Å². The molecule has 6 nitrogen and oxygen atoms in total. The molecule has 0 spiro atoms. The van der Waals surface area contributed by atoms with Crippen LogP contribution in [0.5, 0.6) is 11.5 Å². The lowest BCUT2D eigenvalue weighted by atomic mass is 9.75. The average molecular weight is 495 g/mol. The van der Waals surface area contributed by atoms with E-state index in [0.717, 1.165) is 11.1 Å². The molecular weight excluding hydrogens is 471 g/mol. The molecule has 0 saturated carbocycles. The highest BCUT2D eigenvalue weighted by molar-refractivity contribution is 6.31. The maximum Gasteiger partial charge on any atom is 0.254 e. The summed E-state index contributed by atoms with van der Waals surface area (Å²) < 4.78 is 24.5. The number of hydrogen-bond acceptors (Lipinski definition) is 4. The minimum absolute atomic E-state index is 0.100. The van der Waals surface area contributed by atoms with Crippen LogP contribution in [0.2, 0.25) is 5.02 Å². The van der Waals surface area contributed by atoms with Crippen LogP contribution in [0.3, 0.4) is 0 Å². The smallest absolute Gasteiger partial charge is 0.254 e. The Balaban J connectivity index is 1.57. The molecule has 0 fully saturated rings. The molecule has 0 bridgehead atoms. The van der Waals surface area contributed by atoms with Gasteiger partial charge in [0.25, 0.3) is 5.91 Å².